The van der Waals surface area contributed by atoms with Crippen molar-refractivity contribution in [2.75, 3.05) is 72.1 Å². The SMILES string of the molecule is CC(=O)N1CC(N(CCN2CCOCC2)Cc2ccccc2)CC1C(=O)N1CCNCC1. The fourth-order valence-electron chi connectivity index (χ4n) is 5.06. The van der Waals surface area contributed by atoms with Gasteiger partial charge in [0.2, 0.25) is 11.8 Å². The molecule has 4 rings (SSSR count). The van der Waals surface area contributed by atoms with Crippen molar-refractivity contribution in [3.05, 3.63) is 35.9 Å². The highest BCUT2D eigenvalue weighted by atomic mass is 16.5. The van der Waals surface area contributed by atoms with E-state index in [1.54, 1.807) is 6.92 Å². The van der Waals surface area contributed by atoms with Crippen molar-refractivity contribution >= 4 is 11.8 Å². The molecule has 0 bridgehead atoms. The zero-order valence-corrected chi connectivity index (χ0v) is 19.2. The summed E-state index contributed by atoms with van der Waals surface area (Å²) < 4.78 is 5.49. The van der Waals surface area contributed by atoms with Crippen LogP contribution in [0.25, 0.3) is 0 Å². The molecular formula is C24H37N5O3. The second-order valence-electron chi connectivity index (χ2n) is 9.06. The molecule has 1 aromatic rings. The van der Waals surface area contributed by atoms with Crippen molar-refractivity contribution in [2.45, 2.75) is 32.0 Å². The van der Waals surface area contributed by atoms with Crippen molar-refractivity contribution < 1.29 is 14.3 Å². The van der Waals surface area contributed by atoms with Crippen LogP contribution in [0, 0.1) is 0 Å². The summed E-state index contributed by atoms with van der Waals surface area (Å²) in [6, 6.07) is 10.3. The van der Waals surface area contributed by atoms with Crippen molar-refractivity contribution in [3.63, 3.8) is 0 Å². The van der Waals surface area contributed by atoms with Crippen LogP contribution in [0.1, 0.15) is 18.9 Å². The van der Waals surface area contributed by atoms with E-state index in [9.17, 15) is 9.59 Å². The average molecular weight is 444 g/mol. The lowest BCUT2D eigenvalue weighted by Crippen LogP contribution is -2.53. The van der Waals surface area contributed by atoms with Crippen molar-refractivity contribution in [1.29, 1.82) is 0 Å². The molecule has 1 aromatic carbocycles. The van der Waals surface area contributed by atoms with Gasteiger partial charge in [-0.1, -0.05) is 30.3 Å². The Labute approximate surface area is 191 Å². The lowest BCUT2D eigenvalue weighted by Gasteiger charge is -2.33. The van der Waals surface area contributed by atoms with Gasteiger partial charge in [-0.05, 0) is 12.0 Å². The van der Waals surface area contributed by atoms with Crippen molar-refractivity contribution in [2.24, 2.45) is 0 Å². The van der Waals surface area contributed by atoms with Crippen LogP contribution in [0.15, 0.2) is 30.3 Å². The first-order valence-corrected chi connectivity index (χ1v) is 12.0. The summed E-state index contributed by atoms with van der Waals surface area (Å²) in [5.41, 5.74) is 1.26. The van der Waals surface area contributed by atoms with E-state index in [-0.39, 0.29) is 23.9 Å². The van der Waals surface area contributed by atoms with E-state index >= 15 is 0 Å². The Hall–Kier alpha value is -2.00. The summed E-state index contributed by atoms with van der Waals surface area (Å²) in [5, 5.41) is 3.30. The number of benzene rings is 1. The van der Waals surface area contributed by atoms with E-state index in [1.807, 2.05) is 15.9 Å². The van der Waals surface area contributed by atoms with Gasteiger partial charge < -0.3 is 19.9 Å². The number of hydrogen-bond donors (Lipinski definition) is 1. The molecule has 3 aliphatic heterocycles. The highest BCUT2D eigenvalue weighted by molar-refractivity contribution is 5.87. The van der Waals surface area contributed by atoms with E-state index in [2.05, 4.69) is 39.4 Å². The van der Waals surface area contributed by atoms with E-state index in [0.29, 0.717) is 13.0 Å². The van der Waals surface area contributed by atoms with Crippen LogP contribution in [-0.4, -0.2) is 116 Å². The zero-order chi connectivity index (χ0) is 22.3. The monoisotopic (exact) mass is 443 g/mol. The standard InChI is InChI=1S/C24H37N5O3/c1-20(30)29-19-22(17-23(29)24(31)27-9-7-25-8-10-27)28(18-21-5-3-2-4-6-21)12-11-26-13-15-32-16-14-26/h2-6,22-23,25H,7-19H2,1H3. The van der Waals surface area contributed by atoms with Gasteiger partial charge in [0.15, 0.2) is 0 Å². The van der Waals surface area contributed by atoms with Gasteiger partial charge in [0.25, 0.3) is 0 Å². The number of carbonyl (C=O) groups is 2. The first-order valence-electron chi connectivity index (χ1n) is 12.0. The second-order valence-corrected chi connectivity index (χ2v) is 9.06. The minimum Gasteiger partial charge on any atom is -0.379 e. The Morgan fingerprint density at radius 2 is 1.81 bits per heavy atom. The molecule has 8 nitrogen and oxygen atoms in total. The summed E-state index contributed by atoms with van der Waals surface area (Å²) in [6.07, 6.45) is 0.707. The van der Waals surface area contributed by atoms with E-state index in [4.69, 9.17) is 4.74 Å². The predicted molar refractivity (Wildman–Crippen MR) is 123 cm³/mol. The van der Waals surface area contributed by atoms with Crippen LogP contribution < -0.4 is 5.32 Å². The molecule has 3 heterocycles. The molecule has 3 fully saturated rings. The number of hydrogen-bond acceptors (Lipinski definition) is 6. The summed E-state index contributed by atoms with van der Waals surface area (Å²) in [4.78, 5) is 34.4. The molecule has 1 N–H and O–H groups in total. The number of amides is 2. The molecule has 0 aromatic heterocycles. The number of carbonyl (C=O) groups excluding carboxylic acids is 2. The molecular weight excluding hydrogens is 406 g/mol. The number of piperazine rings is 1. The summed E-state index contributed by atoms with van der Waals surface area (Å²) in [5.74, 6) is 0.103. The molecule has 0 aliphatic carbocycles. The molecule has 2 unspecified atom stereocenters. The molecule has 2 amide bonds. The molecule has 3 aliphatic rings. The quantitative estimate of drug-likeness (QED) is 0.651. The van der Waals surface area contributed by atoms with Gasteiger partial charge in [-0.25, -0.2) is 0 Å². The third-order valence-electron chi connectivity index (χ3n) is 6.95. The number of nitrogens with zero attached hydrogens (tertiary/aromatic N) is 4. The van der Waals surface area contributed by atoms with Crippen LogP contribution >= 0.6 is 0 Å². The molecule has 2 atom stereocenters. The van der Waals surface area contributed by atoms with Gasteiger partial charge in [0, 0.05) is 78.4 Å². The first-order chi connectivity index (χ1) is 15.6. The topological polar surface area (TPSA) is 68.4 Å². The normalized spacial score (nSPS) is 24.8. The number of rotatable bonds is 7. The summed E-state index contributed by atoms with van der Waals surface area (Å²) >= 11 is 0. The summed E-state index contributed by atoms with van der Waals surface area (Å²) in [6.45, 7) is 11.5. The average Bonchev–Trinajstić information content (AvgIpc) is 3.29. The molecule has 8 heteroatoms. The maximum absolute atomic E-state index is 13.3. The van der Waals surface area contributed by atoms with Gasteiger partial charge in [-0.3, -0.25) is 19.4 Å². The predicted octanol–water partition coefficient (Wildman–Crippen LogP) is 0.242. The maximum atomic E-state index is 13.3. The molecule has 176 valence electrons. The van der Waals surface area contributed by atoms with Gasteiger partial charge in [-0.15, -0.1) is 0 Å². The van der Waals surface area contributed by atoms with Crippen molar-refractivity contribution in [3.8, 4) is 0 Å². The van der Waals surface area contributed by atoms with E-state index < -0.39 is 0 Å². The summed E-state index contributed by atoms with van der Waals surface area (Å²) in [7, 11) is 0. The Balaban J connectivity index is 1.46. The van der Waals surface area contributed by atoms with Crippen LogP contribution in [0.3, 0.4) is 0 Å². The lowest BCUT2D eigenvalue weighted by atomic mass is 10.1. The third-order valence-corrected chi connectivity index (χ3v) is 6.95. The van der Waals surface area contributed by atoms with Gasteiger partial charge in [-0.2, -0.15) is 0 Å². The third kappa shape index (κ3) is 5.86. The minimum atomic E-state index is -0.350. The minimum absolute atomic E-state index is 0.00572. The first kappa shape index (κ1) is 23.2. The smallest absolute Gasteiger partial charge is 0.245 e. The highest BCUT2D eigenvalue weighted by Crippen LogP contribution is 2.26. The fourth-order valence-corrected chi connectivity index (χ4v) is 5.06. The largest absolute Gasteiger partial charge is 0.379 e. The Kier molecular flexibility index (Phi) is 8.13. The zero-order valence-electron chi connectivity index (χ0n) is 19.2. The van der Waals surface area contributed by atoms with Crippen LogP contribution in [0.5, 0.6) is 0 Å². The van der Waals surface area contributed by atoms with E-state index in [1.165, 1.54) is 5.56 Å². The second kappa shape index (κ2) is 11.2. The Morgan fingerprint density at radius 1 is 1.09 bits per heavy atom. The van der Waals surface area contributed by atoms with Crippen LogP contribution in [0.2, 0.25) is 0 Å². The van der Waals surface area contributed by atoms with Gasteiger partial charge in [0.05, 0.1) is 13.2 Å². The molecule has 0 spiro atoms. The highest BCUT2D eigenvalue weighted by Gasteiger charge is 2.42. The Bertz CT molecular complexity index is 749. The van der Waals surface area contributed by atoms with Gasteiger partial charge in [0.1, 0.15) is 6.04 Å². The number of nitrogens with one attached hydrogen (secondary N) is 1. The number of ether oxygens (including phenoxy) is 1. The number of morpholine rings is 1. The van der Waals surface area contributed by atoms with Gasteiger partial charge >= 0.3 is 0 Å². The Morgan fingerprint density at radius 3 is 2.50 bits per heavy atom. The lowest BCUT2D eigenvalue weighted by molar-refractivity contribution is -0.143. The molecule has 3 saturated heterocycles. The molecule has 0 radical (unpaired) electrons. The fraction of sp³-hybridized carbons (Fsp3) is 0.667. The van der Waals surface area contributed by atoms with E-state index in [0.717, 1.165) is 72.1 Å². The maximum Gasteiger partial charge on any atom is 0.245 e. The molecule has 32 heavy (non-hydrogen) atoms. The van der Waals surface area contributed by atoms with Crippen LogP contribution in [-0.2, 0) is 20.9 Å². The number of likely N-dealkylation sites (tertiary alicyclic amines) is 1. The van der Waals surface area contributed by atoms with Crippen molar-refractivity contribution in [1.82, 2.24) is 24.9 Å². The van der Waals surface area contributed by atoms with Crippen LogP contribution in [0.4, 0.5) is 0 Å². The molecule has 0 saturated carbocycles.